The van der Waals surface area contributed by atoms with Gasteiger partial charge in [0.05, 0.1) is 0 Å². The van der Waals surface area contributed by atoms with Gasteiger partial charge >= 0.3 is 136 Å². The SMILES string of the molecule is CCCC1=CC=C[C]1([Ti+3])[Si]1(c2ccccc2)CCCC1.[Cl-].[Cl-].[Cl-]. The van der Waals surface area contributed by atoms with E-state index in [0.29, 0.717) is 3.34 Å². The summed E-state index contributed by atoms with van der Waals surface area (Å²) in [4.78, 5) is 0. The van der Waals surface area contributed by atoms with Gasteiger partial charge in [-0.2, -0.15) is 0 Å². The molecule has 0 spiro atoms. The normalized spacial score (nSPS) is 24.2. The van der Waals surface area contributed by atoms with E-state index < -0.39 is 8.07 Å². The molecule has 0 aromatic heterocycles. The van der Waals surface area contributed by atoms with Crippen molar-refractivity contribution in [2.24, 2.45) is 0 Å². The van der Waals surface area contributed by atoms with E-state index in [-0.39, 0.29) is 37.2 Å². The van der Waals surface area contributed by atoms with Crippen molar-refractivity contribution in [2.45, 2.75) is 48.0 Å². The summed E-state index contributed by atoms with van der Waals surface area (Å²) in [5.74, 6) is 0. The summed E-state index contributed by atoms with van der Waals surface area (Å²) in [6.45, 7) is 2.31. The second-order valence-corrected chi connectivity index (χ2v) is 12.8. The van der Waals surface area contributed by atoms with Crippen LogP contribution in [-0.4, -0.2) is 8.07 Å². The molecule has 1 heterocycles. The zero-order chi connectivity index (χ0) is 14.1. The van der Waals surface area contributed by atoms with Gasteiger partial charge in [-0.1, -0.05) is 0 Å². The molecule has 0 N–H and O–H groups in total. The first-order valence-corrected chi connectivity index (χ1v) is 11.1. The minimum Gasteiger partial charge on any atom is -1.00 e. The van der Waals surface area contributed by atoms with E-state index in [2.05, 4.69) is 75.9 Å². The Hall–Kier alpha value is 0.501. The minimum absolute atomic E-state index is 0. The number of allylic oxidation sites excluding steroid dienone is 4. The molecule has 1 aliphatic carbocycles. The molecule has 1 atom stereocenters. The monoisotopic (exact) mass is 420 g/mol. The maximum absolute atomic E-state index is 2.54. The molecule has 1 aromatic carbocycles. The van der Waals surface area contributed by atoms with Crippen LogP contribution < -0.4 is 42.4 Å². The van der Waals surface area contributed by atoms with Gasteiger partial charge < -0.3 is 37.2 Å². The maximum Gasteiger partial charge on any atom is -1.00 e. The van der Waals surface area contributed by atoms with Gasteiger partial charge in [-0.3, -0.25) is 0 Å². The first-order valence-electron chi connectivity index (χ1n) is 7.92. The largest absolute Gasteiger partial charge is 1.00 e. The van der Waals surface area contributed by atoms with Crippen molar-refractivity contribution in [2.75, 3.05) is 0 Å². The molecule has 124 valence electrons. The molecule has 5 heteroatoms. The molecular weight excluding hydrogens is 399 g/mol. The van der Waals surface area contributed by atoms with Crippen molar-refractivity contribution in [1.29, 1.82) is 0 Å². The third-order valence-electron chi connectivity index (χ3n) is 5.21. The minimum atomic E-state index is -1.46. The van der Waals surface area contributed by atoms with Crippen molar-refractivity contribution in [1.82, 2.24) is 0 Å². The predicted molar refractivity (Wildman–Crippen MR) is 85.5 cm³/mol. The van der Waals surface area contributed by atoms with Crippen LogP contribution in [0, 0.1) is 0 Å². The smallest absolute Gasteiger partial charge is 1.00 e. The van der Waals surface area contributed by atoms with E-state index in [1.165, 1.54) is 37.8 Å². The second-order valence-electron chi connectivity index (χ2n) is 6.26. The van der Waals surface area contributed by atoms with Crippen LogP contribution in [0.2, 0.25) is 15.4 Å². The van der Waals surface area contributed by atoms with Gasteiger partial charge in [0.2, 0.25) is 0 Å². The number of hydrogen-bond donors (Lipinski definition) is 0. The molecular formula is C18H23Cl3SiTi. The molecule has 3 rings (SSSR count). The van der Waals surface area contributed by atoms with Gasteiger partial charge in [-0.05, 0) is 0 Å². The van der Waals surface area contributed by atoms with E-state index >= 15 is 0 Å². The Kier molecular flexibility index (Phi) is 10.1. The average Bonchev–Trinajstić information content (AvgIpc) is 3.10. The Bertz CT molecular complexity index is 538. The van der Waals surface area contributed by atoms with Crippen LogP contribution in [0.5, 0.6) is 0 Å². The molecule has 0 bridgehead atoms. The maximum atomic E-state index is 2.54. The number of rotatable bonds is 4. The van der Waals surface area contributed by atoms with Gasteiger partial charge in [0, 0.05) is 0 Å². The number of benzene rings is 1. The van der Waals surface area contributed by atoms with Gasteiger partial charge in [0.1, 0.15) is 0 Å². The summed E-state index contributed by atoms with van der Waals surface area (Å²) in [6, 6.07) is 14.4. The van der Waals surface area contributed by atoms with Crippen molar-refractivity contribution in [3.63, 3.8) is 0 Å². The van der Waals surface area contributed by atoms with Crippen LogP contribution in [0.15, 0.2) is 54.1 Å². The fourth-order valence-corrected chi connectivity index (χ4v) is 12.4. The zero-order valence-corrected chi connectivity index (χ0v) is 18.3. The first kappa shape index (κ1) is 23.5. The Morgan fingerprint density at radius 2 is 1.65 bits per heavy atom. The Morgan fingerprint density at radius 3 is 2.22 bits per heavy atom. The molecule has 1 saturated heterocycles. The Labute approximate surface area is 172 Å². The van der Waals surface area contributed by atoms with Crippen molar-refractivity contribution < 1.29 is 57.7 Å². The summed E-state index contributed by atoms with van der Waals surface area (Å²) in [7, 11) is -1.46. The molecule has 23 heavy (non-hydrogen) atoms. The zero-order valence-electron chi connectivity index (χ0n) is 13.5. The van der Waals surface area contributed by atoms with Crippen molar-refractivity contribution in [3.05, 3.63) is 54.1 Å². The molecule has 0 amide bonds. The summed E-state index contributed by atoms with van der Waals surface area (Å²) in [6.07, 6.45) is 12.7. The summed E-state index contributed by atoms with van der Waals surface area (Å²) >= 11 is 2.54. The molecule has 0 saturated carbocycles. The number of halogens is 3. The van der Waals surface area contributed by atoms with Crippen molar-refractivity contribution in [3.8, 4) is 0 Å². The molecule has 1 unspecified atom stereocenters. The van der Waals surface area contributed by atoms with Gasteiger partial charge in [-0.15, -0.1) is 0 Å². The van der Waals surface area contributed by atoms with Crippen LogP contribution in [0.4, 0.5) is 0 Å². The predicted octanol–water partition coefficient (Wildman–Crippen LogP) is -4.31. The van der Waals surface area contributed by atoms with Gasteiger partial charge in [-0.25, -0.2) is 0 Å². The van der Waals surface area contributed by atoms with Gasteiger partial charge in [0.15, 0.2) is 0 Å². The summed E-state index contributed by atoms with van der Waals surface area (Å²) in [5.41, 5.74) is 1.71. The molecule has 1 aliphatic heterocycles. The van der Waals surface area contributed by atoms with E-state index in [0.717, 1.165) is 0 Å². The average molecular weight is 422 g/mol. The summed E-state index contributed by atoms with van der Waals surface area (Å²) in [5, 5.41) is 1.69. The van der Waals surface area contributed by atoms with Crippen LogP contribution in [0.25, 0.3) is 0 Å². The van der Waals surface area contributed by atoms with Crippen LogP contribution in [-0.2, 0) is 20.4 Å². The molecule has 2 aliphatic rings. The molecule has 0 radical (unpaired) electrons. The fraction of sp³-hybridized carbons (Fsp3) is 0.444. The summed E-state index contributed by atoms with van der Waals surface area (Å²) < 4.78 is 0.362. The van der Waals surface area contributed by atoms with Gasteiger partial charge in [0.25, 0.3) is 0 Å². The molecule has 1 fully saturated rings. The van der Waals surface area contributed by atoms with Crippen LogP contribution >= 0.6 is 0 Å². The third-order valence-corrected chi connectivity index (χ3v) is 14.1. The van der Waals surface area contributed by atoms with E-state index in [1.54, 1.807) is 10.8 Å². The molecule has 0 nitrogen and oxygen atoms in total. The quantitative estimate of drug-likeness (QED) is 0.432. The third kappa shape index (κ3) is 4.02. The topological polar surface area (TPSA) is 0 Å². The first-order chi connectivity index (χ1) is 9.73. The second kappa shape index (κ2) is 9.85. The van der Waals surface area contributed by atoms with Crippen LogP contribution in [0.3, 0.4) is 0 Å². The van der Waals surface area contributed by atoms with E-state index in [1.807, 2.05) is 0 Å². The number of hydrogen-bond acceptors (Lipinski definition) is 0. The Balaban J connectivity index is 0.00000161. The fourth-order valence-electron chi connectivity index (χ4n) is 4.21. The Morgan fingerprint density at radius 1 is 1.04 bits per heavy atom. The van der Waals surface area contributed by atoms with E-state index in [9.17, 15) is 0 Å². The van der Waals surface area contributed by atoms with Crippen LogP contribution in [0.1, 0.15) is 32.6 Å². The standard InChI is InChI=1S/C18H23Si.3ClH.Ti/c1-2-9-16-10-8-13-18(16)19(14-6-7-15-19)17-11-4-3-5-12-17;;;;/h3-5,8,10-13H,2,6-7,9,14-15H2,1H3;3*1H;/q;;;;+3/p-3. The van der Waals surface area contributed by atoms with Crippen molar-refractivity contribution >= 4 is 13.3 Å². The van der Waals surface area contributed by atoms with E-state index in [4.69, 9.17) is 0 Å². The molecule has 1 aromatic rings.